The molecule has 2 bridgehead atoms. The number of imidazole rings is 1. The molecule has 42 heavy (non-hydrogen) atoms. The molecular weight excluding hydrogens is 552 g/mol. The van der Waals surface area contributed by atoms with E-state index >= 15 is 0 Å². The summed E-state index contributed by atoms with van der Waals surface area (Å²) in [4.78, 5) is 23.1. The van der Waals surface area contributed by atoms with Crippen molar-refractivity contribution in [3.63, 3.8) is 0 Å². The minimum absolute atomic E-state index is 0.272. The molecule has 4 aromatic rings. The van der Waals surface area contributed by atoms with Gasteiger partial charge < -0.3 is 14.6 Å². The monoisotopic (exact) mass is 588 g/mol. The molecule has 2 N–H and O–H groups in total. The molecule has 7 rings (SSSR count). The highest BCUT2D eigenvalue weighted by molar-refractivity contribution is 7.94. The largest absolute Gasteiger partial charge is 0.477 e. The zero-order chi connectivity index (χ0) is 29.0. The predicted octanol–water partition coefficient (Wildman–Crippen LogP) is 4.15. The molecule has 3 aromatic heterocycles. The van der Waals surface area contributed by atoms with Crippen molar-refractivity contribution in [3.05, 3.63) is 47.8 Å². The van der Waals surface area contributed by atoms with Crippen LogP contribution in [0.4, 0.5) is 11.6 Å². The Morgan fingerprint density at radius 1 is 1.12 bits per heavy atom. The Morgan fingerprint density at radius 3 is 2.74 bits per heavy atom. The predicted molar refractivity (Wildman–Crippen MR) is 163 cm³/mol. The Morgan fingerprint density at radius 2 is 1.93 bits per heavy atom. The van der Waals surface area contributed by atoms with Gasteiger partial charge in [-0.1, -0.05) is 6.92 Å². The number of benzene rings is 1. The smallest absolute Gasteiger partial charge is 0.258 e. The van der Waals surface area contributed by atoms with Gasteiger partial charge in [0.2, 0.25) is 11.8 Å². The first-order chi connectivity index (χ1) is 20.2. The molecule has 11 nitrogen and oxygen atoms in total. The maximum absolute atomic E-state index is 13.7. The third kappa shape index (κ3) is 5.06. The molecule has 2 saturated heterocycles. The van der Waals surface area contributed by atoms with E-state index in [0.29, 0.717) is 71.0 Å². The Hall–Kier alpha value is -3.77. The van der Waals surface area contributed by atoms with Gasteiger partial charge in [-0.2, -0.15) is 9.46 Å². The van der Waals surface area contributed by atoms with Gasteiger partial charge in [-0.3, -0.25) is 15.1 Å². The van der Waals surface area contributed by atoms with E-state index in [1.54, 1.807) is 23.0 Å². The van der Waals surface area contributed by atoms with Crippen LogP contribution in [0.3, 0.4) is 0 Å². The highest BCUT2D eigenvalue weighted by Gasteiger charge is 2.39. The van der Waals surface area contributed by atoms with Crippen molar-refractivity contribution in [1.29, 1.82) is 0 Å². The first-order valence-electron chi connectivity index (χ1n) is 14.6. The molecule has 6 heterocycles. The van der Waals surface area contributed by atoms with Gasteiger partial charge in [0.15, 0.2) is 0 Å². The third-order valence-electron chi connectivity index (χ3n) is 8.61. The van der Waals surface area contributed by atoms with Crippen LogP contribution in [0.5, 0.6) is 5.88 Å². The van der Waals surface area contributed by atoms with E-state index in [4.69, 9.17) is 14.1 Å². The Bertz CT molecular complexity index is 1800. The SMILES string of the molecule is Cc1cc2cc(n1)-c1cnn(C)c1OCCC[C@@H](C)Cn1c(nc3ccc(N=S4(=O)CC5CNCC5C4)cc31)NC2=O. The molecule has 3 aliphatic rings. The highest BCUT2D eigenvalue weighted by atomic mass is 32.2. The van der Waals surface area contributed by atoms with Crippen LogP contribution in [0.1, 0.15) is 35.8 Å². The number of anilines is 1. The number of carbonyl (C=O) groups is 1. The first-order valence-corrected chi connectivity index (χ1v) is 16.5. The number of aromatic nitrogens is 5. The maximum atomic E-state index is 13.7. The van der Waals surface area contributed by atoms with E-state index in [2.05, 4.69) is 32.2 Å². The topological polar surface area (TPSA) is 128 Å². The molecule has 2 unspecified atom stereocenters. The number of fused-ring (bicyclic) bond motifs is 8. The van der Waals surface area contributed by atoms with E-state index in [0.717, 1.165) is 42.5 Å². The first kappa shape index (κ1) is 27.1. The van der Waals surface area contributed by atoms with Crippen molar-refractivity contribution in [2.75, 3.05) is 36.5 Å². The maximum Gasteiger partial charge on any atom is 0.258 e. The summed E-state index contributed by atoms with van der Waals surface area (Å²) in [5, 5.41) is 10.9. The summed E-state index contributed by atoms with van der Waals surface area (Å²) in [5.74, 6) is 3.31. The fourth-order valence-electron chi connectivity index (χ4n) is 6.52. The molecule has 0 spiro atoms. The summed E-state index contributed by atoms with van der Waals surface area (Å²) >= 11 is 0. The van der Waals surface area contributed by atoms with Crippen LogP contribution in [0.2, 0.25) is 0 Å². The van der Waals surface area contributed by atoms with Crippen molar-refractivity contribution >= 4 is 38.3 Å². The lowest BCUT2D eigenvalue weighted by atomic mass is 10.0. The molecule has 220 valence electrons. The molecule has 0 aliphatic carbocycles. The average Bonchev–Trinajstić information content (AvgIpc) is 3.69. The molecule has 3 atom stereocenters. The van der Waals surface area contributed by atoms with E-state index < -0.39 is 9.73 Å². The number of amides is 1. The number of hydrogen-bond donors (Lipinski definition) is 2. The number of hydrogen-bond acceptors (Lipinski definition) is 8. The van der Waals surface area contributed by atoms with Crippen LogP contribution in [-0.2, 0) is 23.3 Å². The van der Waals surface area contributed by atoms with Gasteiger partial charge >= 0.3 is 0 Å². The molecule has 0 saturated carbocycles. The number of rotatable bonds is 1. The molecule has 0 radical (unpaired) electrons. The Balaban J connectivity index is 1.28. The number of aryl methyl sites for hydroxylation is 2. The summed E-state index contributed by atoms with van der Waals surface area (Å²) in [6.07, 6.45) is 3.50. The van der Waals surface area contributed by atoms with Crippen molar-refractivity contribution in [2.24, 2.45) is 29.2 Å². The fraction of sp³-hybridized carbons (Fsp3) is 0.467. The van der Waals surface area contributed by atoms with Crippen LogP contribution in [0, 0.1) is 24.7 Å². The Labute approximate surface area is 245 Å². The summed E-state index contributed by atoms with van der Waals surface area (Å²) < 4.78 is 28.4. The fourth-order valence-corrected chi connectivity index (χ4v) is 9.42. The second-order valence-corrected chi connectivity index (χ2v) is 14.4. The van der Waals surface area contributed by atoms with Crippen LogP contribution in [0.25, 0.3) is 22.3 Å². The van der Waals surface area contributed by atoms with Gasteiger partial charge in [0.25, 0.3) is 5.91 Å². The van der Waals surface area contributed by atoms with Gasteiger partial charge in [0.05, 0.1) is 50.5 Å². The van der Waals surface area contributed by atoms with Crippen molar-refractivity contribution in [3.8, 4) is 17.1 Å². The van der Waals surface area contributed by atoms with Gasteiger partial charge in [-0.15, -0.1) is 0 Å². The number of carbonyl (C=O) groups excluding carboxylic acids is 1. The number of ether oxygens (including phenoxy) is 1. The van der Waals surface area contributed by atoms with Gasteiger partial charge in [-0.05, 0) is 80.9 Å². The van der Waals surface area contributed by atoms with Crippen molar-refractivity contribution in [2.45, 2.75) is 33.2 Å². The second-order valence-electron chi connectivity index (χ2n) is 12.0. The molecular formula is C30H36N8O3S. The molecule has 2 fully saturated rings. The lowest BCUT2D eigenvalue weighted by Crippen LogP contribution is -2.18. The van der Waals surface area contributed by atoms with Crippen LogP contribution >= 0.6 is 0 Å². The van der Waals surface area contributed by atoms with Gasteiger partial charge in [0.1, 0.15) is 0 Å². The minimum atomic E-state index is -2.30. The lowest BCUT2D eigenvalue weighted by Gasteiger charge is -2.16. The van der Waals surface area contributed by atoms with E-state index in [9.17, 15) is 9.00 Å². The number of pyridine rings is 1. The van der Waals surface area contributed by atoms with E-state index in [-0.39, 0.29) is 11.8 Å². The summed E-state index contributed by atoms with van der Waals surface area (Å²) in [7, 11) is -0.455. The third-order valence-corrected chi connectivity index (χ3v) is 11.0. The Kier molecular flexibility index (Phi) is 6.77. The molecule has 1 aromatic carbocycles. The van der Waals surface area contributed by atoms with E-state index in [1.807, 2.05) is 32.2 Å². The number of nitrogens with zero attached hydrogens (tertiary/aromatic N) is 6. The van der Waals surface area contributed by atoms with Gasteiger partial charge in [-0.25, -0.2) is 13.9 Å². The molecule has 1 amide bonds. The minimum Gasteiger partial charge on any atom is -0.477 e. The van der Waals surface area contributed by atoms with Crippen LogP contribution in [0.15, 0.2) is 40.9 Å². The quantitative estimate of drug-likeness (QED) is 0.342. The zero-order valence-electron chi connectivity index (χ0n) is 24.2. The summed E-state index contributed by atoms with van der Waals surface area (Å²) in [6.45, 7) is 7.11. The highest BCUT2D eigenvalue weighted by Crippen LogP contribution is 2.34. The second kappa shape index (κ2) is 10.5. The van der Waals surface area contributed by atoms with E-state index in [1.165, 1.54) is 0 Å². The number of nitrogens with one attached hydrogen (secondary N) is 2. The molecule has 3 aliphatic heterocycles. The summed E-state index contributed by atoms with van der Waals surface area (Å²) in [5.41, 5.74) is 4.90. The zero-order valence-corrected chi connectivity index (χ0v) is 25.0. The van der Waals surface area contributed by atoms with Crippen LogP contribution in [-0.4, -0.2) is 65.6 Å². The lowest BCUT2D eigenvalue weighted by molar-refractivity contribution is 0.102. The molecule has 12 heteroatoms. The normalized spacial score (nSPS) is 26.0. The summed E-state index contributed by atoms with van der Waals surface area (Å²) in [6, 6.07) is 9.31. The van der Waals surface area contributed by atoms with Crippen molar-refractivity contribution < 1.29 is 13.7 Å². The standard InChI is InChI=1S/C30H36N8O3S/c1-18-5-4-8-41-29-24(14-32-37(29)3)26-10-20(9-19(2)33-26)28(39)35-30-34-25-7-6-23(11-27(25)38(30)15-18)36-42(40)16-21-12-31-13-22(21)17-42/h6-7,9-11,14,18,21-22,31H,4-5,8,12-13,15-17H2,1-3H3,(H,34,35,39)/t18-,21?,22?,42?/m1/s1. The average molecular weight is 589 g/mol. The van der Waals surface area contributed by atoms with Gasteiger partial charge in [0, 0.05) is 36.4 Å². The van der Waals surface area contributed by atoms with Crippen LogP contribution < -0.4 is 15.4 Å². The van der Waals surface area contributed by atoms with Crippen molar-refractivity contribution in [1.82, 2.24) is 29.6 Å².